The molecule has 2 aliphatic rings. The Morgan fingerprint density at radius 1 is 1.32 bits per heavy atom. The molecule has 2 fully saturated rings. The highest BCUT2D eigenvalue weighted by Gasteiger charge is 2.53. The van der Waals surface area contributed by atoms with E-state index in [1.807, 2.05) is 27.7 Å². The van der Waals surface area contributed by atoms with Crippen LogP contribution in [0.3, 0.4) is 0 Å². The summed E-state index contributed by atoms with van der Waals surface area (Å²) in [6.45, 7) is 7.76. The summed E-state index contributed by atoms with van der Waals surface area (Å²) >= 11 is 0. The van der Waals surface area contributed by atoms with E-state index < -0.39 is 24.3 Å². The Kier molecular flexibility index (Phi) is 3.45. The first-order chi connectivity index (χ1) is 10.2. The second kappa shape index (κ2) is 4.96. The van der Waals surface area contributed by atoms with Crippen molar-refractivity contribution in [2.24, 2.45) is 0 Å². The van der Waals surface area contributed by atoms with Crippen molar-refractivity contribution >= 4 is 18.7 Å². The van der Waals surface area contributed by atoms with Crippen LogP contribution < -0.4 is 10.3 Å². The molecule has 0 aromatic carbocycles. The van der Waals surface area contributed by atoms with E-state index in [1.165, 1.54) is 12.3 Å². The molecule has 1 N–H and O–H groups in total. The largest absolute Gasteiger partial charge is 0.518 e. The molecule has 0 unspecified atom stereocenters. The van der Waals surface area contributed by atoms with Crippen molar-refractivity contribution in [1.29, 1.82) is 0 Å². The van der Waals surface area contributed by atoms with E-state index in [-0.39, 0.29) is 17.4 Å². The lowest BCUT2D eigenvalue weighted by molar-refractivity contribution is 0.00578. The first-order valence-corrected chi connectivity index (χ1v) is 7.46. The van der Waals surface area contributed by atoms with Crippen LogP contribution in [0.4, 0.5) is 0 Å². The minimum atomic E-state index is -1.05. The minimum Gasteiger partial charge on any atom is -0.488 e. The van der Waals surface area contributed by atoms with Gasteiger partial charge in [-0.3, -0.25) is 4.98 Å². The smallest absolute Gasteiger partial charge is 0.488 e. The fourth-order valence-corrected chi connectivity index (χ4v) is 2.23. The summed E-state index contributed by atoms with van der Waals surface area (Å²) in [4.78, 5) is 15.7. The van der Waals surface area contributed by atoms with E-state index >= 15 is 0 Å². The number of hydrogen-bond acceptors (Lipinski definition) is 5. The zero-order valence-electron chi connectivity index (χ0n) is 13.3. The van der Waals surface area contributed by atoms with Crippen molar-refractivity contribution < 1.29 is 23.9 Å². The van der Waals surface area contributed by atoms with Gasteiger partial charge in [-0.05, 0) is 46.6 Å². The number of carbonyl (C=O) groups is 1. The van der Waals surface area contributed by atoms with Crippen LogP contribution in [-0.2, 0) is 9.31 Å². The molecular weight excluding hydrogens is 285 g/mol. The molecular formula is C15H20BNO5. The van der Waals surface area contributed by atoms with E-state index in [4.69, 9.17) is 14.0 Å². The van der Waals surface area contributed by atoms with E-state index in [1.54, 1.807) is 0 Å². The SMILES string of the molecule is CC1(C)OB(c2nccc(C(=O)O)c2OC2CC2)OC1(C)C. The molecule has 0 amide bonds. The maximum atomic E-state index is 11.5. The van der Waals surface area contributed by atoms with Gasteiger partial charge in [0.15, 0.2) is 5.75 Å². The molecule has 1 saturated heterocycles. The number of carboxylic acid groups (broad SMARTS) is 1. The summed E-state index contributed by atoms with van der Waals surface area (Å²) in [7, 11) is -0.738. The molecule has 22 heavy (non-hydrogen) atoms. The van der Waals surface area contributed by atoms with Gasteiger partial charge in [0.1, 0.15) is 11.2 Å². The predicted octanol–water partition coefficient (Wildman–Crippen LogP) is 1.62. The fraction of sp³-hybridized carbons (Fsp3) is 0.600. The van der Waals surface area contributed by atoms with Crippen molar-refractivity contribution in [3.05, 3.63) is 17.8 Å². The van der Waals surface area contributed by atoms with Gasteiger partial charge >= 0.3 is 13.1 Å². The fourth-order valence-electron chi connectivity index (χ4n) is 2.23. The average molecular weight is 305 g/mol. The topological polar surface area (TPSA) is 77.9 Å². The first kappa shape index (κ1) is 15.3. The lowest BCUT2D eigenvalue weighted by Gasteiger charge is -2.32. The number of rotatable bonds is 4. The Morgan fingerprint density at radius 3 is 2.41 bits per heavy atom. The Morgan fingerprint density at radius 2 is 1.91 bits per heavy atom. The third kappa shape index (κ3) is 2.59. The number of aromatic nitrogens is 1. The third-order valence-corrected chi connectivity index (χ3v) is 4.45. The molecule has 2 heterocycles. The Hall–Kier alpha value is -1.60. The zero-order chi connectivity index (χ0) is 16.1. The molecule has 0 atom stereocenters. The molecule has 3 rings (SSSR count). The molecule has 1 aromatic rings. The van der Waals surface area contributed by atoms with Gasteiger partial charge in [-0.15, -0.1) is 0 Å². The predicted molar refractivity (Wildman–Crippen MR) is 80.6 cm³/mol. The van der Waals surface area contributed by atoms with Gasteiger partial charge in [0.2, 0.25) is 0 Å². The van der Waals surface area contributed by atoms with E-state index in [2.05, 4.69) is 4.98 Å². The number of ether oxygens (including phenoxy) is 1. The third-order valence-electron chi connectivity index (χ3n) is 4.45. The molecule has 0 bridgehead atoms. The maximum Gasteiger partial charge on any atom is 0.518 e. The summed E-state index contributed by atoms with van der Waals surface area (Å²) in [6, 6.07) is 1.44. The van der Waals surface area contributed by atoms with Gasteiger partial charge in [0, 0.05) is 6.20 Å². The van der Waals surface area contributed by atoms with Crippen molar-refractivity contribution in [1.82, 2.24) is 4.98 Å². The first-order valence-electron chi connectivity index (χ1n) is 7.46. The highest BCUT2D eigenvalue weighted by Crippen LogP contribution is 2.37. The van der Waals surface area contributed by atoms with Crippen LogP contribution in [0.1, 0.15) is 50.9 Å². The second-order valence-electron chi connectivity index (χ2n) is 6.78. The molecule has 0 spiro atoms. The van der Waals surface area contributed by atoms with Crippen LogP contribution in [0, 0.1) is 0 Å². The molecule has 7 heteroatoms. The summed E-state index contributed by atoms with van der Waals surface area (Å²) in [5.41, 5.74) is -0.553. The van der Waals surface area contributed by atoms with Gasteiger partial charge in [0.25, 0.3) is 0 Å². The van der Waals surface area contributed by atoms with Crippen LogP contribution in [0.25, 0.3) is 0 Å². The molecule has 118 valence electrons. The normalized spacial score (nSPS) is 22.6. The number of nitrogens with zero attached hydrogens (tertiary/aromatic N) is 1. The van der Waals surface area contributed by atoms with Gasteiger partial charge in [-0.2, -0.15) is 0 Å². The molecule has 1 aromatic heterocycles. The minimum absolute atomic E-state index is 0.0588. The van der Waals surface area contributed by atoms with Crippen LogP contribution in [0.5, 0.6) is 5.75 Å². The maximum absolute atomic E-state index is 11.5. The molecule has 1 aliphatic carbocycles. The quantitative estimate of drug-likeness (QED) is 0.852. The summed E-state index contributed by atoms with van der Waals surface area (Å²) < 4.78 is 17.7. The van der Waals surface area contributed by atoms with E-state index in [9.17, 15) is 9.90 Å². The van der Waals surface area contributed by atoms with Gasteiger partial charge in [-0.25, -0.2) is 4.79 Å². The number of pyridine rings is 1. The Bertz CT molecular complexity index is 596. The highest BCUT2D eigenvalue weighted by molar-refractivity contribution is 6.62. The van der Waals surface area contributed by atoms with Crippen LogP contribution >= 0.6 is 0 Å². The molecule has 1 saturated carbocycles. The number of hydrogen-bond donors (Lipinski definition) is 1. The van der Waals surface area contributed by atoms with Gasteiger partial charge in [-0.1, -0.05) is 0 Å². The Labute approximate surface area is 129 Å². The summed E-state index contributed by atoms with van der Waals surface area (Å²) in [6.07, 6.45) is 3.36. The highest BCUT2D eigenvalue weighted by atomic mass is 16.7. The molecule has 1 aliphatic heterocycles. The van der Waals surface area contributed by atoms with Crippen molar-refractivity contribution in [3.63, 3.8) is 0 Å². The van der Waals surface area contributed by atoms with E-state index in [0.717, 1.165) is 12.8 Å². The summed E-state index contributed by atoms with van der Waals surface area (Å²) in [5.74, 6) is -0.785. The lowest BCUT2D eigenvalue weighted by Crippen LogP contribution is -2.41. The van der Waals surface area contributed by atoms with Crippen molar-refractivity contribution in [3.8, 4) is 5.75 Å². The number of carboxylic acids is 1. The monoisotopic (exact) mass is 305 g/mol. The zero-order valence-corrected chi connectivity index (χ0v) is 13.3. The van der Waals surface area contributed by atoms with Crippen LogP contribution in [-0.4, -0.2) is 40.5 Å². The summed E-state index contributed by atoms with van der Waals surface area (Å²) in [5, 5.41) is 9.38. The molecule has 0 radical (unpaired) electrons. The Balaban J connectivity index is 2.00. The van der Waals surface area contributed by atoms with E-state index in [0.29, 0.717) is 5.59 Å². The van der Waals surface area contributed by atoms with Gasteiger partial charge < -0.3 is 19.2 Å². The van der Waals surface area contributed by atoms with Crippen molar-refractivity contribution in [2.45, 2.75) is 57.8 Å². The second-order valence-corrected chi connectivity index (χ2v) is 6.78. The molecule has 6 nitrogen and oxygen atoms in total. The standard InChI is InChI=1S/C15H20BNO5/c1-14(2)15(3,4)22-16(21-14)12-11(20-9-5-6-9)10(13(18)19)7-8-17-12/h7-9H,5-6H2,1-4H3,(H,18,19). The number of aromatic carboxylic acids is 1. The average Bonchev–Trinajstić information content (AvgIpc) is 3.17. The lowest BCUT2D eigenvalue weighted by atomic mass is 9.82. The van der Waals surface area contributed by atoms with Crippen LogP contribution in [0.15, 0.2) is 12.3 Å². The van der Waals surface area contributed by atoms with Crippen LogP contribution in [0.2, 0.25) is 0 Å². The van der Waals surface area contributed by atoms with Crippen molar-refractivity contribution in [2.75, 3.05) is 0 Å². The van der Waals surface area contributed by atoms with Gasteiger partial charge in [0.05, 0.1) is 17.3 Å².